The Hall–Kier alpha value is -0.140. The zero-order valence-corrected chi connectivity index (χ0v) is 13.8. The molecule has 1 aromatic carbocycles. The van der Waals surface area contributed by atoms with Gasteiger partial charge in [-0.2, -0.15) is 11.8 Å². The van der Waals surface area contributed by atoms with Gasteiger partial charge in [-0.15, -0.1) is 0 Å². The van der Waals surface area contributed by atoms with Crippen LogP contribution < -0.4 is 10.5 Å². The molecule has 3 N–H and O–H groups in total. The lowest BCUT2D eigenvalue weighted by Crippen LogP contribution is -2.33. The maximum atomic E-state index is 12.2. The number of nitrogen functional groups attached to an aromatic ring is 1. The minimum atomic E-state index is -3.69. The Morgan fingerprint density at radius 2 is 2.05 bits per heavy atom. The standard InChI is InChI=1S/C11H16Cl2N2O2S2/c1-7(5-6-18-2)15-19(16,17)9-4-3-8(12)11(14)10(9)13/h3-4,7,15H,5-6,14H2,1-2H3. The van der Waals surface area contributed by atoms with Crippen molar-refractivity contribution in [2.24, 2.45) is 0 Å². The van der Waals surface area contributed by atoms with Gasteiger partial charge in [-0.3, -0.25) is 0 Å². The molecule has 0 saturated heterocycles. The van der Waals surface area contributed by atoms with Gasteiger partial charge in [0.15, 0.2) is 0 Å². The average molecular weight is 343 g/mol. The van der Waals surface area contributed by atoms with Crippen molar-refractivity contribution >= 4 is 50.7 Å². The van der Waals surface area contributed by atoms with E-state index in [1.54, 1.807) is 18.7 Å². The summed E-state index contributed by atoms with van der Waals surface area (Å²) in [4.78, 5) is -0.0490. The topological polar surface area (TPSA) is 72.2 Å². The molecule has 0 aliphatic rings. The number of nitrogens with one attached hydrogen (secondary N) is 1. The summed E-state index contributed by atoms with van der Waals surface area (Å²) in [6, 6.07) is 2.60. The minimum absolute atomic E-state index is 0.0444. The maximum Gasteiger partial charge on any atom is 0.242 e. The van der Waals surface area contributed by atoms with E-state index in [0.717, 1.165) is 12.2 Å². The fourth-order valence-electron chi connectivity index (χ4n) is 1.44. The molecule has 0 bridgehead atoms. The molecule has 0 aromatic heterocycles. The van der Waals surface area contributed by atoms with Gasteiger partial charge in [0.2, 0.25) is 10.0 Å². The first kappa shape index (κ1) is 16.9. The number of benzene rings is 1. The van der Waals surface area contributed by atoms with Crippen molar-refractivity contribution in [1.29, 1.82) is 0 Å². The van der Waals surface area contributed by atoms with Crippen LogP contribution in [-0.2, 0) is 10.0 Å². The third-order valence-corrected chi connectivity index (χ3v) is 5.62. The summed E-state index contributed by atoms with van der Waals surface area (Å²) in [5, 5.41) is 0.191. The third-order valence-electron chi connectivity index (χ3n) is 2.49. The molecule has 4 nitrogen and oxygen atoms in total. The molecule has 0 saturated carbocycles. The van der Waals surface area contributed by atoms with Gasteiger partial charge in [0, 0.05) is 6.04 Å². The number of thioether (sulfide) groups is 1. The van der Waals surface area contributed by atoms with E-state index in [1.165, 1.54) is 12.1 Å². The van der Waals surface area contributed by atoms with Gasteiger partial charge in [-0.05, 0) is 37.5 Å². The first-order valence-corrected chi connectivity index (χ1v) is 9.17. The van der Waals surface area contributed by atoms with Crippen molar-refractivity contribution in [1.82, 2.24) is 4.72 Å². The highest BCUT2D eigenvalue weighted by Crippen LogP contribution is 2.33. The lowest BCUT2D eigenvalue weighted by atomic mass is 10.3. The summed E-state index contributed by atoms with van der Waals surface area (Å²) < 4.78 is 26.9. The van der Waals surface area contributed by atoms with Gasteiger partial charge in [-0.1, -0.05) is 23.2 Å². The first-order chi connectivity index (χ1) is 8.79. The van der Waals surface area contributed by atoms with Crippen molar-refractivity contribution in [2.75, 3.05) is 17.7 Å². The fourth-order valence-corrected chi connectivity index (χ4v) is 4.07. The molecule has 0 radical (unpaired) electrons. The van der Waals surface area contributed by atoms with E-state index >= 15 is 0 Å². The number of hydrogen-bond acceptors (Lipinski definition) is 4. The number of anilines is 1. The predicted octanol–water partition coefficient (Wildman–Crippen LogP) is 3.00. The van der Waals surface area contributed by atoms with Gasteiger partial charge < -0.3 is 5.73 Å². The van der Waals surface area contributed by atoms with E-state index < -0.39 is 10.0 Å². The van der Waals surface area contributed by atoms with Crippen LogP contribution in [-0.4, -0.2) is 26.5 Å². The smallest absolute Gasteiger partial charge is 0.242 e. The maximum absolute atomic E-state index is 12.2. The molecule has 0 aliphatic heterocycles. The SMILES string of the molecule is CSCCC(C)NS(=O)(=O)c1ccc(Cl)c(N)c1Cl. The van der Waals surface area contributed by atoms with Gasteiger partial charge in [0.05, 0.1) is 15.7 Å². The second-order valence-electron chi connectivity index (χ2n) is 4.08. The quantitative estimate of drug-likeness (QED) is 0.779. The van der Waals surface area contributed by atoms with Gasteiger partial charge in [-0.25, -0.2) is 13.1 Å². The predicted molar refractivity (Wildman–Crippen MR) is 83.7 cm³/mol. The molecule has 1 unspecified atom stereocenters. The zero-order chi connectivity index (χ0) is 14.6. The van der Waals surface area contributed by atoms with Crippen molar-refractivity contribution < 1.29 is 8.42 Å². The Labute approximate surface area is 128 Å². The minimum Gasteiger partial charge on any atom is -0.396 e. The Balaban J connectivity index is 2.98. The number of sulfonamides is 1. The number of halogens is 2. The molecule has 0 amide bonds. The molecule has 1 aromatic rings. The second kappa shape index (κ2) is 7.04. The Morgan fingerprint density at radius 1 is 1.42 bits per heavy atom. The van der Waals surface area contributed by atoms with Crippen LogP contribution in [0.5, 0.6) is 0 Å². The van der Waals surface area contributed by atoms with Crippen LogP contribution in [0.3, 0.4) is 0 Å². The largest absolute Gasteiger partial charge is 0.396 e. The molecule has 1 rings (SSSR count). The fraction of sp³-hybridized carbons (Fsp3) is 0.455. The lowest BCUT2D eigenvalue weighted by Gasteiger charge is -2.15. The summed E-state index contributed by atoms with van der Waals surface area (Å²) in [7, 11) is -3.69. The third kappa shape index (κ3) is 4.43. The van der Waals surface area contributed by atoms with Crippen LogP contribution in [0.2, 0.25) is 10.0 Å². The number of hydrogen-bond donors (Lipinski definition) is 2. The van der Waals surface area contributed by atoms with Crippen LogP contribution in [0, 0.1) is 0 Å². The van der Waals surface area contributed by atoms with Crippen LogP contribution in [0.15, 0.2) is 17.0 Å². The van der Waals surface area contributed by atoms with Crippen LogP contribution >= 0.6 is 35.0 Å². The van der Waals surface area contributed by atoms with Crippen molar-refractivity contribution in [3.63, 3.8) is 0 Å². The molecule has 1 atom stereocenters. The molecular weight excluding hydrogens is 327 g/mol. The molecule has 8 heteroatoms. The van der Waals surface area contributed by atoms with E-state index in [2.05, 4.69) is 4.72 Å². The van der Waals surface area contributed by atoms with E-state index in [4.69, 9.17) is 28.9 Å². The summed E-state index contributed by atoms with van der Waals surface area (Å²) in [6.45, 7) is 1.81. The highest BCUT2D eigenvalue weighted by atomic mass is 35.5. The Bertz CT molecular complexity index is 550. The molecule has 0 heterocycles. The second-order valence-corrected chi connectivity index (χ2v) is 7.53. The average Bonchev–Trinajstić information content (AvgIpc) is 2.32. The molecule has 19 heavy (non-hydrogen) atoms. The molecule has 0 spiro atoms. The lowest BCUT2D eigenvalue weighted by molar-refractivity contribution is 0.557. The summed E-state index contributed by atoms with van der Waals surface area (Å²) in [6.07, 6.45) is 2.71. The van der Waals surface area contributed by atoms with E-state index in [-0.39, 0.29) is 26.7 Å². The molecular formula is C11H16Cl2N2O2S2. The summed E-state index contributed by atoms with van der Waals surface area (Å²) in [5.41, 5.74) is 5.70. The van der Waals surface area contributed by atoms with Crippen molar-refractivity contribution in [3.8, 4) is 0 Å². The van der Waals surface area contributed by atoms with Crippen LogP contribution in [0.1, 0.15) is 13.3 Å². The highest BCUT2D eigenvalue weighted by Gasteiger charge is 2.22. The van der Waals surface area contributed by atoms with Crippen molar-refractivity contribution in [2.45, 2.75) is 24.3 Å². The first-order valence-electron chi connectivity index (χ1n) is 5.54. The molecule has 0 aliphatic carbocycles. The van der Waals surface area contributed by atoms with Gasteiger partial charge in [0.25, 0.3) is 0 Å². The monoisotopic (exact) mass is 342 g/mol. The zero-order valence-electron chi connectivity index (χ0n) is 10.6. The summed E-state index contributed by atoms with van der Waals surface area (Å²) in [5.74, 6) is 0.875. The Morgan fingerprint density at radius 3 is 2.63 bits per heavy atom. The van der Waals surface area contributed by atoms with E-state index in [9.17, 15) is 8.42 Å². The Kier molecular flexibility index (Phi) is 6.26. The van der Waals surface area contributed by atoms with Gasteiger partial charge in [0.1, 0.15) is 4.90 Å². The van der Waals surface area contributed by atoms with Crippen LogP contribution in [0.25, 0.3) is 0 Å². The normalized spacial score (nSPS) is 13.5. The molecule has 108 valence electrons. The number of nitrogens with two attached hydrogens (primary N) is 1. The van der Waals surface area contributed by atoms with Crippen LogP contribution in [0.4, 0.5) is 5.69 Å². The van der Waals surface area contributed by atoms with E-state index in [0.29, 0.717) is 0 Å². The number of rotatable bonds is 6. The summed E-state index contributed by atoms with van der Waals surface area (Å²) >= 11 is 13.4. The van der Waals surface area contributed by atoms with Gasteiger partial charge >= 0.3 is 0 Å². The molecule has 0 fully saturated rings. The van der Waals surface area contributed by atoms with Crippen molar-refractivity contribution in [3.05, 3.63) is 22.2 Å². The highest BCUT2D eigenvalue weighted by molar-refractivity contribution is 7.98. The van der Waals surface area contributed by atoms with E-state index in [1.807, 2.05) is 6.26 Å².